The predicted molar refractivity (Wildman–Crippen MR) is 117 cm³/mol. The van der Waals surface area contributed by atoms with Gasteiger partial charge in [0, 0.05) is 11.1 Å². The Kier molecular flexibility index (Phi) is 7.19. The molecular weight excluding hydrogens is 403 g/mol. The predicted octanol–water partition coefficient (Wildman–Crippen LogP) is 7.25. The molecule has 0 atom stereocenters. The van der Waals surface area contributed by atoms with E-state index in [-0.39, 0.29) is 16.8 Å². The molecule has 0 aromatic heterocycles. The number of unbranched alkanes of at least 4 members (excludes halogenated alkanes) is 1. The van der Waals surface area contributed by atoms with E-state index in [0.717, 1.165) is 25.3 Å². The van der Waals surface area contributed by atoms with Gasteiger partial charge in [-0.25, -0.2) is 13.2 Å². The van der Waals surface area contributed by atoms with Crippen LogP contribution in [0.15, 0.2) is 59.6 Å². The molecule has 3 rings (SSSR count). The van der Waals surface area contributed by atoms with Crippen LogP contribution in [-0.2, 0) is 6.42 Å². The molecule has 3 aromatic carbocycles. The quantitative estimate of drug-likeness (QED) is 0.240. The summed E-state index contributed by atoms with van der Waals surface area (Å²) in [6.07, 6.45) is 3.14. The normalized spacial score (nSPS) is 10.1. The maximum absolute atomic E-state index is 14.6. The molecule has 30 heavy (non-hydrogen) atoms. The van der Waals surface area contributed by atoms with Gasteiger partial charge in [-0.3, -0.25) is 0 Å². The third kappa shape index (κ3) is 5.04. The molecule has 0 aliphatic carbocycles. The van der Waals surface area contributed by atoms with Crippen LogP contribution >= 0.6 is 12.2 Å². The molecule has 0 spiro atoms. The highest BCUT2D eigenvalue weighted by Crippen LogP contribution is 2.27. The van der Waals surface area contributed by atoms with Crippen LogP contribution in [0.25, 0.3) is 11.1 Å². The molecule has 150 valence electrons. The third-order valence-electron chi connectivity index (χ3n) is 4.62. The molecule has 0 saturated carbocycles. The second-order valence-electron chi connectivity index (χ2n) is 6.71. The zero-order chi connectivity index (χ0) is 21.5. The summed E-state index contributed by atoms with van der Waals surface area (Å²) in [5.41, 5.74) is 2.19. The Morgan fingerprint density at radius 3 is 2.33 bits per heavy atom. The monoisotopic (exact) mass is 421 g/mol. The van der Waals surface area contributed by atoms with Crippen molar-refractivity contribution in [2.45, 2.75) is 26.2 Å². The van der Waals surface area contributed by atoms with Crippen molar-refractivity contribution >= 4 is 23.1 Å². The fourth-order valence-corrected chi connectivity index (χ4v) is 3.06. The molecule has 5 heteroatoms. The molecule has 0 radical (unpaired) electrons. The van der Waals surface area contributed by atoms with Crippen LogP contribution in [0, 0.1) is 29.3 Å². The number of rotatable bonds is 5. The van der Waals surface area contributed by atoms with Crippen LogP contribution in [0.1, 0.15) is 36.5 Å². The molecule has 0 saturated heterocycles. The summed E-state index contributed by atoms with van der Waals surface area (Å²) in [7, 11) is 0. The van der Waals surface area contributed by atoms with E-state index in [4.69, 9.17) is 0 Å². The van der Waals surface area contributed by atoms with Crippen molar-refractivity contribution in [2.24, 2.45) is 4.99 Å². The minimum Gasteiger partial charge on any atom is -0.205 e. The zero-order valence-electron chi connectivity index (χ0n) is 16.3. The van der Waals surface area contributed by atoms with Crippen molar-refractivity contribution in [1.82, 2.24) is 0 Å². The van der Waals surface area contributed by atoms with Crippen molar-refractivity contribution in [3.63, 3.8) is 0 Å². The zero-order valence-corrected chi connectivity index (χ0v) is 17.1. The largest absolute Gasteiger partial charge is 0.205 e. The molecule has 0 aliphatic heterocycles. The summed E-state index contributed by atoms with van der Waals surface area (Å²) < 4.78 is 43.1. The first-order chi connectivity index (χ1) is 14.5. The Morgan fingerprint density at radius 2 is 1.67 bits per heavy atom. The number of nitrogens with zero attached hydrogens (tertiary/aromatic N) is 1. The lowest BCUT2D eigenvalue weighted by Gasteiger charge is -2.07. The van der Waals surface area contributed by atoms with Crippen molar-refractivity contribution in [3.05, 3.63) is 88.7 Å². The summed E-state index contributed by atoms with van der Waals surface area (Å²) in [6, 6.07) is 14.4. The van der Waals surface area contributed by atoms with Crippen molar-refractivity contribution in [1.29, 1.82) is 0 Å². The molecule has 0 bridgehead atoms. The Hall–Kier alpha value is -3.19. The van der Waals surface area contributed by atoms with Crippen LogP contribution in [-0.4, -0.2) is 5.16 Å². The van der Waals surface area contributed by atoms with Crippen LogP contribution in [0.3, 0.4) is 0 Å². The van der Waals surface area contributed by atoms with E-state index in [1.54, 1.807) is 12.1 Å². The van der Waals surface area contributed by atoms with Crippen molar-refractivity contribution in [2.75, 3.05) is 0 Å². The number of benzene rings is 3. The number of aliphatic imine (C=N–C) groups is 1. The summed E-state index contributed by atoms with van der Waals surface area (Å²) in [6.45, 7) is 2.12. The number of hydrogen-bond donors (Lipinski definition) is 0. The van der Waals surface area contributed by atoms with Gasteiger partial charge in [0.2, 0.25) is 0 Å². The van der Waals surface area contributed by atoms with E-state index in [9.17, 15) is 13.2 Å². The topological polar surface area (TPSA) is 12.4 Å². The van der Waals surface area contributed by atoms with E-state index in [1.807, 2.05) is 12.1 Å². The maximum Gasteiger partial charge on any atom is 0.175 e. The first-order valence-electron chi connectivity index (χ1n) is 9.50. The molecule has 0 unspecified atom stereocenters. The Balaban J connectivity index is 1.86. The van der Waals surface area contributed by atoms with Gasteiger partial charge in [0.25, 0.3) is 0 Å². The first kappa shape index (κ1) is 21.5. The number of hydrogen-bond acceptors (Lipinski definition) is 2. The second kappa shape index (κ2) is 10.0. The highest BCUT2D eigenvalue weighted by molar-refractivity contribution is 7.78. The highest BCUT2D eigenvalue weighted by atomic mass is 32.1. The SMILES string of the molecule is CCCCc1ccc(-c2ccc(C#Cc3ccc(N=C=S)c(F)c3)c(F)c2F)cc1. The molecule has 0 heterocycles. The van der Waals surface area contributed by atoms with E-state index in [0.29, 0.717) is 11.1 Å². The third-order valence-corrected chi connectivity index (χ3v) is 4.71. The molecule has 1 nitrogen and oxygen atoms in total. The van der Waals surface area contributed by atoms with Crippen molar-refractivity contribution in [3.8, 4) is 23.0 Å². The first-order valence-corrected chi connectivity index (χ1v) is 9.91. The van der Waals surface area contributed by atoms with Gasteiger partial charge < -0.3 is 0 Å². The smallest absolute Gasteiger partial charge is 0.175 e. The van der Waals surface area contributed by atoms with Gasteiger partial charge >= 0.3 is 0 Å². The average Bonchev–Trinajstić information content (AvgIpc) is 2.76. The van der Waals surface area contributed by atoms with Gasteiger partial charge in [0.05, 0.1) is 10.7 Å². The van der Waals surface area contributed by atoms with Gasteiger partial charge in [-0.15, -0.1) is 0 Å². The van der Waals surface area contributed by atoms with E-state index < -0.39 is 17.5 Å². The summed E-state index contributed by atoms with van der Waals surface area (Å²) in [5.74, 6) is 2.59. The highest BCUT2D eigenvalue weighted by Gasteiger charge is 2.14. The van der Waals surface area contributed by atoms with E-state index in [2.05, 4.69) is 41.1 Å². The number of aryl methyl sites for hydroxylation is 1. The summed E-state index contributed by atoms with van der Waals surface area (Å²) >= 11 is 4.45. The van der Waals surface area contributed by atoms with Crippen molar-refractivity contribution < 1.29 is 13.2 Å². The number of halogens is 3. The Bertz CT molecular complexity index is 1170. The molecule has 0 aliphatic rings. The van der Waals surface area contributed by atoms with Gasteiger partial charge in [-0.1, -0.05) is 49.5 Å². The lowest BCUT2D eigenvalue weighted by atomic mass is 9.99. The maximum atomic E-state index is 14.6. The molecule has 0 fully saturated rings. The molecular formula is C25H18F3NS. The summed E-state index contributed by atoms with van der Waals surface area (Å²) in [5, 5.41) is 2.09. The second-order valence-corrected chi connectivity index (χ2v) is 6.89. The summed E-state index contributed by atoms with van der Waals surface area (Å²) in [4.78, 5) is 3.58. The fourth-order valence-electron chi connectivity index (χ4n) is 2.96. The average molecular weight is 421 g/mol. The standard InChI is InChI=1S/C25H18F3NS/c1-2-3-4-17-5-9-19(10-6-17)21-13-12-20(24(27)25(21)28)11-7-18-8-14-23(29-16-30)22(26)15-18/h5-6,8-10,12-15H,2-4H2,1H3. The minimum atomic E-state index is -1.03. The Morgan fingerprint density at radius 1 is 0.900 bits per heavy atom. The van der Waals surface area contributed by atoms with Gasteiger partial charge in [-0.2, -0.15) is 4.99 Å². The van der Waals surface area contributed by atoms with E-state index >= 15 is 0 Å². The van der Waals surface area contributed by atoms with Gasteiger partial charge in [0.1, 0.15) is 5.69 Å². The van der Waals surface area contributed by atoms with Gasteiger partial charge in [-0.05, 0) is 66.5 Å². The van der Waals surface area contributed by atoms with Gasteiger partial charge in [0.15, 0.2) is 17.5 Å². The molecule has 3 aromatic rings. The van der Waals surface area contributed by atoms with Crippen LogP contribution in [0.4, 0.5) is 18.9 Å². The molecule has 0 amide bonds. The Labute approximate surface area is 179 Å². The minimum absolute atomic E-state index is 0.0397. The lowest BCUT2D eigenvalue weighted by Crippen LogP contribution is -1.94. The van der Waals surface area contributed by atoms with E-state index in [1.165, 1.54) is 29.8 Å². The van der Waals surface area contributed by atoms with Crippen LogP contribution in [0.5, 0.6) is 0 Å². The van der Waals surface area contributed by atoms with Crippen LogP contribution < -0.4 is 0 Å². The van der Waals surface area contributed by atoms with Crippen LogP contribution in [0.2, 0.25) is 0 Å². The fraction of sp³-hybridized carbons (Fsp3) is 0.160. The number of isothiocyanates is 1. The molecule has 0 N–H and O–H groups in total. The lowest BCUT2D eigenvalue weighted by molar-refractivity contribution is 0.509. The number of thiocarbonyl (C=S) groups is 1.